The average Bonchev–Trinajstić information content (AvgIpc) is 3.43. The molecule has 8 heteroatoms. The Labute approximate surface area is 208 Å². The fourth-order valence-electron chi connectivity index (χ4n) is 5.25. The highest BCUT2D eigenvalue weighted by molar-refractivity contribution is 7.19. The van der Waals surface area contributed by atoms with Crippen LogP contribution < -0.4 is 10.2 Å². The van der Waals surface area contributed by atoms with E-state index in [2.05, 4.69) is 33.9 Å². The Kier molecular flexibility index (Phi) is 8.77. The number of nitrogens with one attached hydrogen (secondary N) is 1. The number of rotatable bonds is 10. The van der Waals surface area contributed by atoms with E-state index < -0.39 is 0 Å². The first kappa shape index (κ1) is 25.3. The van der Waals surface area contributed by atoms with E-state index in [-0.39, 0.29) is 11.9 Å². The lowest BCUT2D eigenvalue weighted by Gasteiger charge is -2.33. The molecule has 1 amide bonds. The van der Waals surface area contributed by atoms with Crippen LogP contribution in [-0.4, -0.2) is 72.8 Å². The second kappa shape index (κ2) is 11.8. The van der Waals surface area contributed by atoms with Crippen molar-refractivity contribution in [2.45, 2.75) is 71.8 Å². The van der Waals surface area contributed by atoms with E-state index in [1.807, 2.05) is 13.8 Å². The summed E-state index contributed by atoms with van der Waals surface area (Å²) in [7, 11) is 0. The number of thiophene rings is 1. The van der Waals surface area contributed by atoms with Crippen LogP contribution in [0.2, 0.25) is 0 Å². The van der Waals surface area contributed by atoms with Gasteiger partial charge in [0, 0.05) is 37.2 Å². The molecule has 2 fully saturated rings. The Bertz CT molecular complexity index is 946. The highest BCUT2D eigenvalue weighted by Crippen LogP contribution is 2.40. The zero-order valence-corrected chi connectivity index (χ0v) is 22.1. The number of hydrogen-bond donors (Lipinski definition) is 1. The summed E-state index contributed by atoms with van der Waals surface area (Å²) in [5, 5.41) is 4.18. The Morgan fingerprint density at radius 3 is 2.56 bits per heavy atom. The Balaban J connectivity index is 1.40. The van der Waals surface area contributed by atoms with E-state index in [0.29, 0.717) is 18.3 Å². The van der Waals surface area contributed by atoms with Gasteiger partial charge in [0.25, 0.3) is 0 Å². The van der Waals surface area contributed by atoms with E-state index in [0.717, 1.165) is 66.6 Å². The molecule has 2 saturated heterocycles. The molecule has 0 unspecified atom stereocenters. The summed E-state index contributed by atoms with van der Waals surface area (Å²) in [6, 6.07) is 0.144. The summed E-state index contributed by atoms with van der Waals surface area (Å²) in [5.41, 5.74) is 1.24. The number of carbonyl (C=O) groups excluding carboxylic acids is 1. The molecule has 34 heavy (non-hydrogen) atoms. The first-order valence-corrected chi connectivity index (χ1v) is 13.8. The van der Waals surface area contributed by atoms with Crippen molar-refractivity contribution < 1.29 is 9.53 Å². The molecule has 0 aliphatic carbocycles. The summed E-state index contributed by atoms with van der Waals surface area (Å²) in [5.74, 6) is 2.04. The van der Waals surface area contributed by atoms with Gasteiger partial charge in [-0.05, 0) is 70.0 Å². The van der Waals surface area contributed by atoms with Gasteiger partial charge in [-0.3, -0.25) is 4.79 Å². The molecule has 2 aliphatic heterocycles. The maximum Gasteiger partial charge on any atom is 0.225 e. The van der Waals surface area contributed by atoms with Crippen LogP contribution in [0.3, 0.4) is 0 Å². The first-order valence-electron chi connectivity index (χ1n) is 13.0. The zero-order valence-electron chi connectivity index (χ0n) is 21.3. The lowest BCUT2D eigenvalue weighted by atomic mass is 9.96. The molecule has 188 valence electrons. The SMILES string of the molecule is CC(C)NC(=O)Cc1sc2ncnc(N3CCC(COCCN4CCCC4)CC3)c2c1C(C)C. The molecule has 4 heterocycles. The quantitative estimate of drug-likeness (QED) is 0.506. The molecule has 2 aliphatic rings. The van der Waals surface area contributed by atoms with E-state index in [1.54, 1.807) is 17.7 Å². The number of likely N-dealkylation sites (tertiary alicyclic amines) is 1. The Hall–Kier alpha value is -1.77. The van der Waals surface area contributed by atoms with E-state index in [4.69, 9.17) is 9.72 Å². The van der Waals surface area contributed by atoms with Crippen molar-refractivity contribution in [2.24, 2.45) is 5.92 Å². The van der Waals surface area contributed by atoms with E-state index in [1.165, 1.54) is 31.5 Å². The van der Waals surface area contributed by atoms with Crippen molar-refractivity contribution in [1.82, 2.24) is 20.2 Å². The summed E-state index contributed by atoms with van der Waals surface area (Å²) >= 11 is 1.65. The summed E-state index contributed by atoms with van der Waals surface area (Å²) in [6.45, 7) is 15.6. The molecule has 0 saturated carbocycles. The van der Waals surface area contributed by atoms with Crippen LogP contribution in [0.1, 0.15) is 69.7 Å². The molecule has 0 aromatic carbocycles. The number of ether oxygens (including phenoxy) is 1. The zero-order chi connectivity index (χ0) is 24.1. The second-order valence-electron chi connectivity index (χ2n) is 10.4. The van der Waals surface area contributed by atoms with Crippen LogP contribution in [0.15, 0.2) is 6.33 Å². The van der Waals surface area contributed by atoms with E-state index in [9.17, 15) is 4.79 Å². The molecular weight excluding hydrogens is 446 g/mol. The number of amides is 1. The molecule has 4 rings (SSSR count). The van der Waals surface area contributed by atoms with Crippen molar-refractivity contribution in [3.05, 3.63) is 16.8 Å². The largest absolute Gasteiger partial charge is 0.380 e. The van der Waals surface area contributed by atoms with Crippen molar-refractivity contribution in [2.75, 3.05) is 50.8 Å². The lowest BCUT2D eigenvalue weighted by molar-refractivity contribution is -0.120. The van der Waals surface area contributed by atoms with Gasteiger partial charge >= 0.3 is 0 Å². The molecule has 0 spiro atoms. The lowest BCUT2D eigenvalue weighted by Crippen LogP contribution is -2.36. The van der Waals surface area contributed by atoms with E-state index >= 15 is 0 Å². The molecule has 2 aromatic heterocycles. The molecule has 0 atom stereocenters. The van der Waals surface area contributed by atoms with Crippen LogP contribution >= 0.6 is 11.3 Å². The van der Waals surface area contributed by atoms with Crippen LogP contribution in [0.5, 0.6) is 0 Å². The third-order valence-corrected chi connectivity index (χ3v) is 8.06. The van der Waals surface area contributed by atoms with Gasteiger partial charge in [-0.2, -0.15) is 0 Å². The summed E-state index contributed by atoms with van der Waals surface area (Å²) in [4.78, 5) is 28.9. The monoisotopic (exact) mass is 487 g/mol. The fourth-order valence-corrected chi connectivity index (χ4v) is 6.53. The van der Waals surface area contributed by atoms with Crippen LogP contribution in [-0.2, 0) is 16.0 Å². The summed E-state index contributed by atoms with van der Waals surface area (Å²) in [6.07, 6.45) is 7.01. The molecule has 0 radical (unpaired) electrons. The molecule has 1 N–H and O–H groups in total. The van der Waals surface area contributed by atoms with Crippen LogP contribution in [0.25, 0.3) is 10.2 Å². The van der Waals surface area contributed by atoms with Crippen molar-refractivity contribution in [1.29, 1.82) is 0 Å². The number of carbonyl (C=O) groups is 1. The minimum Gasteiger partial charge on any atom is -0.380 e. The van der Waals surface area contributed by atoms with Gasteiger partial charge in [0.1, 0.15) is 17.0 Å². The fraction of sp³-hybridized carbons (Fsp3) is 0.731. The minimum atomic E-state index is 0.0727. The molecular formula is C26H41N5O2S. The van der Waals surface area contributed by atoms with Crippen LogP contribution in [0.4, 0.5) is 5.82 Å². The van der Waals surface area contributed by atoms with Gasteiger partial charge in [-0.25, -0.2) is 9.97 Å². The number of aromatic nitrogens is 2. The molecule has 2 aromatic rings. The Morgan fingerprint density at radius 1 is 1.15 bits per heavy atom. The maximum absolute atomic E-state index is 12.5. The molecule has 7 nitrogen and oxygen atoms in total. The third-order valence-electron chi connectivity index (χ3n) is 6.95. The van der Waals surface area contributed by atoms with Gasteiger partial charge in [0.2, 0.25) is 5.91 Å². The molecule has 0 bridgehead atoms. The highest BCUT2D eigenvalue weighted by Gasteiger charge is 2.26. The second-order valence-corrected chi connectivity index (χ2v) is 11.5. The predicted molar refractivity (Wildman–Crippen MR) is 140 cm³/mol. The number of nitrogens with zero attached hydrogens (tertiary/aromatic N) is 4. The maximum atomic E-state index is 12.5. The van der Waals surface area contributed by atoms with Gasteiger partial charge in [-0.1, -0.05) is 13.8 Å². The number of anilines is 1. The number of fused-ring (bicyclic) bond motifs is 1. The minimum absolute atomic E-state index is 0.0727. The predicted octanol–water partition coefficient (Wildman–Crippen LogP) is 4.21. The topological polar surface area (TPSA) is 70.6 Å². The van der Waals surface area contributed by atoms with Crippen molar-refractivity contribution in [3.8, 4) is 0 Å². The van der Waals surface area contributed by atoms with Gasteiger partial charge in [0.05, 0.1) is 18.4 Å². The summed E-state index contributed by atoms with van der Waals surface area (Å²) < 4.78 is 6.04. The number of hydrogen-bond acceptors (Lipinski definition) is 7. The normalized spacial score (nSPS) is 18.0. The smallest absolute Gasteiger partial charge is 0.225 e. The van der Waals surface area contributed by atoms with Crippen molar-refractivity contribution in [3.63, 3.8) is 0 Å². The first-order chi connectivity index (χ1) is 16.4. The highest BCUT2D eigenvalue weighted by atomic mass is 32.1. The van der Waals surface area contributed by atoms with Gasteiger partial charge in [0.15, 0.2) is 0 Å². The number of piperidine rings is 1. The standard InChI is InChI=1S/C26H41N5O2S/c1-18(2)23-21(15-22(32)29-19(3)4)34-26-24(23)25(27-17-28-26)31-11-7-20(8-12-31)16-33-14-13-30-9-5-6-10-30/h17-20H,5-16H2,1-4H3,(H,29,32). The van der Waals surface area contributed by atoms with Crippen molar-refractivity contribution >= 4 is 33.3 Å². The average molecular weight is 488 g/mol. The van der Waals surface area contributed by atoms with Gasteiger partial charge < -0.3 is 19.9 Å². The Morgan fingerprint density at radius 2 is 1.88 bits per heavy atom. The third kappa shape index (κ3) is 6.26. The van der Waals surface area contributed by atoms with Crippen LogP contribution in [0, 0.1) is 5.92 Å². The van der Waals surface area contributed by atoms with Gasteiger partial charge in [-0.15, -0.1) is 11.3 Å².